The molecule has 0 radical (unpaired) electrons. The molecule has 15 heavy (non-hydrogen) atoms. The summed E-state index contributed by atoms with van der Waals surface area (Å²) in [7, 11) is 0. The van der Waals surface area contributed by atoms with Crippen LogP contribution in [-0.2, 0) is 0 Å². The van der Waals surface area contributed by atoms with E-state index < -0.39 is 0 Å². The summed E-state index contributed by atoms with van der Waals surface area (Å²) < 4.78 is 0. The van der Waals surface area contributed by atoms with Crippen LogP contribution in [0.2, 0.25) is 0 Å². The van der Waals surface area contributed by atoms with Crippen LogP contribution in [0.15, 0.2) is 18.2 Å². The van der Waals surface area contributed by atoms with E-state index in [1.54, 1.807) is 0 Å². The van der Waals surface area contributed by atoms with E-state index in [0.29, 0.717) is 0 Å². The fraction of sp³-hybridized carbons (Fsp3) is 0.571. The average Bonchev–Trinajstić information content (AvgIpc) is 2.23. The number of benzene rings is 1. The summed E-state index contributed by atoms with van der Waals surface area (Å²) in [5.41, 5.74) is 3.95. The van der Waals surface area contributed by atoms with Gasteiger partial charge < -0.3 is 5.32 Å². The van der Waals surface area contributed by atoms with Gasteiger partial charge in [-0.05, 0) is 43.4 Å². The summed E-state index contributed by atoms with van der Waals surface area (Å²) in [6.07, 6.45) is 2.53. The lowest BCUT2D eigenvalue weighted by atomic mass is 10.1. The number of rotatable bonds is 5. The Morgan fingerprint density at radius 1 is 1.27 bits per heavy atom. The highest BCUT2D eigenvalue weighted by Crippen LogP contribution is 2.17. The van der Waals surface area contributed by atoms with Gasteiger partial charge in [0.1, 0.15) is 0 Å². The molecule has 0 aromatic heterocycles. The minimum atomic E-state index is 0.822. The van der Waals surface area contributed by atoms with E-state index in [4.69, 9.17) is 0 Å². The summed E-state index contributed by atoms with van der Waals surface area (Å²) in [6.45, 7) is 9.94. The van der Waals surface area contributed by atoms with E-state index in [2.05, 4.69) is 51.2 Å². The van der Waals surface area contributed by atoms with Crippen LogP contribution in [-0.4, -0.2) is 6.54 Å². The molecule has 1 unspecified atom stereocenters. The van der Waals surface area contributed by atoms with Crippen molar-refractivity contribution >= 4 is 5.69 Å². The Balaban J connectivity index is 2.46. The number of hydrogen-bond acceptors (Lipinski definition) is 1. The van der Waals surface area contributed by atoms with Gasteiger partial charge in [0.25, 0.3) is 0 Å². The van der Waals surface area contributed by atoms with Gasteiger partial charge in [0, 0.05) is 12.2 Å². The Morgan fingerprint density at radius 2 is 2.00 bits per heavy atom. The maximum Gasteiger partial charge on any atom is 0.0372 e. The molecular weight excluding hydrogens is 182 g/mol. The molecule has 84 valence electrons. The normalized spacial score (nSPS) is 12.5. The maximum absolute atomic E-state index is 3.52. The van der Waals surface area contributed by atoms with Gasteiger partial charge >= 0.3 is 0 Å². The molecule has 1 atom stereocenters. The van der Waals surface area contributed by atoms with E-state index in [0.717, 1.165) is 12.5 Å². The molecule has 0 aliphatic heterocycles. The second-order valence-corrected chi connectivity index (χ2v) is 4.55. The van der Waals surface area contributed by atoms with E-state index in [-0.39, 0.29) is 0 Å². The Kier molecular flexibility index (Phi) is 4.67. The lowest BCUT2D eigenvalue weighted by molar-refractivity contribution is 0.532. The SMILES string of the molecule is CCC(C)CCNc1cc(C)ccc1C. The zero-order valence-electron chi connectivity index (χ0n) is 10.4. The summed E-state index contributed by atoms with van der Waals surface area (Å²) in [6, 6.07) is 6.57. The predicted octanol–water partition coefficient (Wildman–Crippen LogP) is 4.15. The van der Waals surface area contributed by atoms with Crippen LogP contribution in [0.1, 0.15) is 37.8 Å². The zero-order valence-corrected chi connectivity index (χ0v) is 10.4. The first-order chi connectivity index (χ1) is 7.13. The first-order valence-electron chi connectivity index (χ1n) is 5.94. The van der Waals surface area contributed by atoms with Gasteiger partial charge in [-0.3, -0.25) is 0 Å². The summed E-state index contributed by atoms with van der Waals surface area (Å²) >= 11 is 0. The molecule has 0 heterocycles. The Labute approximate surface area is 93.9 Å². The highest BCUT2D eigenvalue weighted by atomic mass is 14.9. The van der Waals surface area contributed by atoms with Gasteiger partial charge in [0.2, 0.25) is 0 Å². The first-order valence-corrected chi connectivity index (χ1v) is 5.94. The van der Waals surface area contributed by atoms with Crippen molar-refractivity contribution in [3.05, 3.63) is 29.3 Å². The highest BCUT2D eigenvalue weighted by molar-refractivity contribution is 5.52. The molecule has 0 spiro atoms. The third-order valence-corrected chi connectivity index (χ3v) is 3.04. The monoisotopic (exact) mass is 205 g/mol. The van der Waals surface area contributed by atoms with Gasteiger partial charge in [-0.15, -0.1) is 0 Å². The molecule has 1 aromatic rings. The van der Waals surface area contributed by atoms with E-state index in [1.165, 1.54) is 29.7 Å². The molecular formula is C14H23N. The van der Waals surface area contributed by atoms with Crippen molar-refractivity contribution in [3.8, 4) is 0 Å². The molecule has 1 N–H and O–H groups in total. The molecule has 1 aromatic carbocycles. The smallest absolute Gasteiger partial charge is 0.0372 e. The number of nitrogens with one attached hydrogen (secondary N) is 1. The van der Waals surface area contributed by atoms with E-state index >= 15 is 0 Å². The van der Waals surface area contributed by atoms with Gasteiger partial charge in [-0.2, -0.15) is 0 Å². The fourth-order valence-electron chi connectivity index (χ4n) is 1.58. The molecule has 0 amide bonds. The van der Waals surface area contributed by atoms with Crippen LogP contribution in [0, 0.1) is 19.8 Å². The second-order valence-electron chi connectivity index (χ2n) is 4.55. The fourth-order valence-corrected chi connectivity index (χ4v) is 1.58. The standard InChI is InChI=1S/C14H23N/c1-5-11(2)8-9-15-14-10-12(3)6-7-13(14)4/h6-7,10-11,15H,5,8-9H2,1-4H3. The number of hydrogen-bond donors (Lipinski definition) is 1. The average molecular weight is 205 g/mol. The summed E-state index contributed by atoms with van der Waals surface area (Å²) in [5.74, 6) is 0.822. The van der Waals surface area contributed by atoms with Crippen LogP contribution >= 0.6 is 0 Å². The quantitative estimate of drug-likeness (QED) is 0.761. The van der Waals surface area contributed by atoms with Crippen LogP contribution in [0.3, 0.4) is 0 Å². The Morgan fingerprint density at radius 3 is 2.67 bits per heavy atom. The van der Waals surface area contributed by atoms with Crippen LogP contribution in [0.4, 0.5) is 5.69 Å². The minimum Gasteiger partial charge on any atom is -0.385 e. The van der Waals surface area contributed by atoms with Gasteiger partial charge in [0.15, 0.2) is 0 Å². The molecule has 1 rings (SSSR count). The van der Waals surface area contributed by atoms with E-state index in [9.17, 15) is 0 Å². The molecule has 0 fully saturated rings. The Hall–Kier alpha value is -0.980. The summed E-state index contributed by atoms with van der Waals surface area (Å²) in [4.78, 5) is 0. The zero-order chi connectivity index (χ0) is 11.3. The molecule has 0 aliphatic rings. The van der Waals surface area contributed by atoms with Crippen molar-refractivity contribution in [1.29, 1.82) is 0 Å². The van der Waals surface area contributed by atoms with E-state index in [1.807, 2.05) is 0 Å². The second kappa shape index (κ2) is 5.79. The van der Waals surface area contributed by atoms with Crippen molar-refractivity contribution in [3.63, 3.8) is 0 Å². The van der Waals surface area contributed by atoms with Crippen molar-refractivity contribution in [2.24, 2.45) is 5.92 Å². The third kappa shape index (κ3) is 3.94. The topological polar surface area (TPSA) is 12.0 Å². The maximum atomic E-state index is 3.52. The van der Waals surface area contributed by atoms with Gasteiger partial charge in [-0.1, -0.05) is 32.4 Å². The molecule has 1 heteroatoms. The first kappa shape index (κ1) is 12.1. The number of anilines is 1. The predicted molar refractivity (Wildman–Crippen MR) is 68.5 cm³/mol. The number of aryl methyl sites for hydroxylation is 2. The molecule has 1 nitrogen and oxygen atoms in total. The molecule has 0 saturated carbocycles. The van der Waals surface area contributed by atoms with Crippen molar-refractivity contribution in [1.82, 2.24) is 0 Å². The van der Waals surface area contributed by atoms with Crippen LogP contribution < -0.4 is 5.32 Å². The van der Waals surface area contributed by atoms with Crippen molar-refractivity contribution in [2.45, 2.75) is 40.5 Å². The molecule has 0 saturated heterocycles. The summed E-state index contributed by atoms with van der Waals surface area (Å²) in [5, 5.41) is 3.52. The lowest BCUT2D eigenvalue weighted by Gasteiger charge is -2.12. The highest BCUT2D eigenvalue weighted by Gasteiger charge is 2.00. The van der Waals surface area contributed by atoms with Crippen molar-refractivity contribution < 1.29 is 0 Å². The largest absolute Gasteiger partial charge is 0.385 e. The lowest BCUT2D eigenvalue weighted by Crippen LogP contribution is -2.07. The third-order valence-electron chi connectivity index (χ3n) is 3.04. The van der Waals surface area contributed by atoms with Gasteiger partial charge in [-0.25, -0.2) is 0 Å². The van der Waals surface area contributed by atoms with Crippen LogP contribution in [0.5, 0.6) is 0 Å². The van der Waals surface area contributed by atoms with Gasteiger partial charge in [0.05, 0.1) is 0 Å². The van der Waals surface area contributed by atoms with Crippen molar-refractivity contribution in [2.75, 3.05) is 11.9 Å². The molecule has 0 aliphatic carbocycles. The van der Waals surface area contributed by atoms with Crippen LogP contribution in [0.25, 0.3) is 0 Å². The Bertz CT molecular complexity index is 304. The molecule has 0 bridgehead atoms. The minimum absolute atomic E-state index is 0.822.